The molecule has 0 aromatic heterocycles. The lowest BCUT2D eigenvalue weighted by Crippen LogP contribution is -2.42. The number of hydrogen-bond acceptors (Lipinski definition) is 4. The highest BCUT2D eigenvalue weighted by Gasteiger charge is 2.31. The van der Waals surface area contributed by atoms with Gasteiger partial charge in [0.25, 0.3) is 0 Å². The lowest BCUT2D eigenvalue weighted by molar-refractivity contribution is 0.0241. The van der Waals surface area contributed by atoms with Gasteiger partial charge >= 0.3 is 0 Å². The molecule has 0 amide bonds. The van der Waals surface area contributed by atoms with Crippen LogP contribution < -0.4 is 10.1 Å². The van der Waals surface area contributed by atoms with E-state index in [9.17, 15) is 14.3 Å². The molecule has 120 valence electrons. The Bertz CT molecular complexity index is 690. The van der Waals surface area contributed by atoms with Gasteiger partial charge in [0.05, 0.1) is 12.0 Å². The largest absolute Gasteiger partial charge is 0.486 e. The van der Waals surface area contributed by atoms with E-state index in [2.05, 4.69) is 5.32 Å². The Morgan fingerprint density at radius 1 is 1.26 bits per heavy atom. The van der Waals surface area contributed by atoms with Crippen LogP contribution in [-0.4, -0.2) is 29.6 Å². The minimum absolute atomic E-state index is 0.0463. The number of benzene rings is 2. The maximum Gasteiger partial charge on any atom is 0.170 e. The van der Waals surface area contributed by atoms with Gasteiger partial charge in [-0.25, -0.2) is 4.39 Å². The average molecular weight is 315 g/mol. The lowest BCUT2D eigenvalue weighted by atomic mass is 9.97. The van der Waals surface area contributed by atoms with Crippen LogP contribution in [0.2, 0.25) is 0 Å². The highest BCUT2D eigenvalue weighted by atomic mass is 19.1. The maximum atomic E-state index is 13.2. The second-order valence-corrected chi connectivity index (χ2v) is 5.61. The van der Waals surface area contributed by atoms with Crippen LogP contribution in [-0.2, 0) is 6.54 Å². The molecule has 1 heterocycles. The molecule has 2 atom stereocenters. The fraction of sp³-hybridized carbons (Fsp3) is 0.278. The number of hydrogen-bond donors (Lipinski definition) is 2. The third-order valence-corrected chi connectivity index (χ3v) is 3.86. The van der Waals surface area contributed by atoms with Gasteiger partial charge in [0.15, 0.2) is 5.78 Å². The molecule has 5 heteroatoms. The summed E-state index contributed by atoms with van der Waals surface area (Å²) in [6.45, 7) is 0.934. The Balaban J connectivity index is 1.57. The molecule has 0 radical (unpaired) electrons. The van der Waals surface area contributed by atoms with Crippen molar-refractivity contribution in [2.24, 2.45) is 0 Å². The molecule has 0 bridgehead atoms. The summed E-state index contributed by atoms with van der Waals surface area (Å²) in [5.41, 5.74) is 1.35. The van der Waals surface area contributed by atoms with Crippen LogP contribution >= 0.6 is 0 Å². The third-order valence-electron chi connectivity index (χ3n) is 3.86. The van der Waals surface area contributed by atoms with Gasteiger partial charge in [-0.1, -0.05) is 30.3 Å². The first kappa shape index (κ1) is 15.6. The van der Waals surface area contributed by atoms with Crippen molar-refractivity contribution in [2.75, 3.05) is 6.54 Å². The van der Waals surface area contributed by atoms with Crippen LogP contribution in [0.15, 0.2) is 48.5 Å². The number of ether oxygens (including phenoxy) is 1. The standard InChI is InChI=1S/C18H18FNO3/c19-13-6-7-17-14(8-13)15(21)9-18(23-17)16(22)11-20-10-12-4-2-1-3-5-12/h1-8,16,18,20,22H,9-11H2/t16-,18-/m1/s1. The second kappa shape index (κ2) is 6.89. The lowest BCUT2D eigenvalue weighted by Gasteiger charge is -2.29. The first-order chi connectivity index (χ1) is 11.1. The molecule has 1 aliphatic heterocycles. The van der Waals surface area contributed by atoms with Crippen LogP contribution in [0.5, 0.6) is 5.75 Å². The third kappa shape index (κ3) is 3.75. The zero-order valence-corrected chi connectivity index (χ0v) is 12.5. The molecule has 0 fully saturated rings. The average Bonchev–Trinajstić information content (AvgIpc) is 2.56. The Hall–Kier alpha value is -2.24. The zero-order chi connectivity index (χ0) is 16.2. The van der Waals surface area contributed by atoms with Crippen LogP contribution in [0.3, 0.4) is 0 Å². The minimum atomic E-state index is -0.819. The van der Waals surface area contributed by atoms with Crippen molar-refractivity contribution in [1.82, 2.24) is 5.32 Å². The summed E-state index contributed by atoms with van der Waals surface area (Å²) < 4.78 is 18.8. The summed E-state index contributed by atoms with van der Waals surface area (Å²) in [5.74, 6) is -0.350. The molecule has 0 unspecified atom stereocenters. The number of ketones is 1. The van der Waals surface area contributed by atoms with Crippen molar-refractivity contribution < 1.29 is 19.0 Å². The topological polar surface area (TPSA) is 58.6 Å². The van der Waals surface area contributed by atoms with Crippen LogP contribution in [0.1, 0.15) is 22.3 Å². The van der Waals surface area contributed by atoms with Crippen LogP contribution in [0.4, 0.5) is 4.39 Å². The Kier molecular flexibility index (Phi) is 4.69. The molecule has 2 N–H and O–H groups in total. The molecule has 0 saturated carbocycles. The van der Waals surface area contributed by atoms with E-state index in [1.807, 2.05) is 30.3 Å². The molecule has 4 nitrogen and oxygen atoms in total. The molecule has 23 heavy (non-hydrogen) atoms. The molecule has 2 aromatic carbocycles. The Labute approximate surface area is 133 Å². The summed E-state index contributed by atoms with van der Waals surface area (Å²) in [4.78, 5) is 12.1. The van der Waals surface area contributed by atoms with Crippen molar-refractivity contribution in [3.05, 3.63) is 65.5 Å². The first-order valence-corrected chi connectivity index (χ1v) is 7.55. The van der Waals surface area contributed by atoms with Gasteiger partial charge in [0.1, 0.15) is 23.8 Å². The zero-order valence-electron chi connectivity index (χ0n) is 12.5. The SMILES string of the molecule is O=C1C[C@H]([C@H](O)CNCc2ccccc2)Oc2ccc(F)cc21. The number of Topliss-reactive ketones (excluding diaryl/α,β-unsaturated/α-hetero) is 1. The van der Waals surface area contributed by atoms with E-state index in [0.717, 1.165) is 5.56 Å². The number of carbonyl (C=O) groups excluding carboxylic acids is 1. The minimum Gasteiger partial charge on any atom is -0.486 e. The summed E-state index contributed by atoms with van der Waals surface area (Å²) in [5, 5.41) is 13.4. The molecular formula is C18H18FNO3. The normalized spacial score (nSPS) is 18.2. The predicted octanol–water partition coefficient (Wildman–Crippen LogP) is 2.31. The van der Waals surface area contributed by atoms with E-state index in [1.54, 1.807) is 0 Å². The molecule has 0 aliphatic carbocycles. The van der Waals surface area contributed by atoms with E-state index >= 15 is 0 Å². The molecule has 0 spiro atoms. The van der Waals surface area contributed by atoms with Gasteiger partial charge < -0.3 is 15.2 Å². The molecular weight excluding hydrogens is 297 g/mol. The van der Waals surface area contributed by atoms with E-state index < -0.39 is 18.0 Å². The van der Waals surface area contributed by atoms with Crippen molar-refractivity contribution in [2.45, 2.75) is 25.2 Å². The fourth-order valence-electron chi connectivity index (χ4n) is 2.63. The quantitative estimate of drug-likeness (QED) is 0.889. The van der Waals surface area contributed by atoms with Gasteiger partial charge in [-0.15, -0.1) is 0 Å². The number of fused-ring (bicyclic) bond motifs is 1. The smallest absolute Gasteiger partial charge is 0.170 e. The Morgan fingerprint density at radius 2 is 2.04 bits per heavy atom. The van der Waals surface area contributed by atoms with Gasteiger partial charge in [-0.05, 0) is 23.8 Å². The van der Waals surface area contributed by atoms with E-state index in [4.69, 9.17) is 4.74 Å². The summed E-state index contributed by atoms with van der Waals surface area (Å²) >= 11 is 0. The fourth-order valence-corrected chi connectivity index (χ4v) is 2.63. The number of nitrogens with one attached hydrogen (secondary N) is 1. The summed E-state index contributed by atoms with van der Waals surface area (Å²) in [6.07, 6.45) is -1.39. The van der Waals surface area contributed by atoms with Gasteiger partial charge in [0, 0.05) is 13.1 Å². The monoisotopic (exact) mass is 315 g/mol. The number of halogens is 1. The number of rotatable bonds is 5. The van der Waals surface area contributed by atoms with E-state index in [-0.39, 0.29) is 17.8 Å². The van der Waals surface area contributed by atoms with Crippen molar-refractivity contribution in [3.63, 3.8) is 0 Å². The van der Waals surface area contributed by atoms with Crippen LogP contribution in [0.25, 0.3) is 0 Å². The van der Waals surface area contributed by atoms with E-state index in [0.29, 0.717) is 18.8 Å². The highest BCUT2D eigenvalue weighted by Crippen LogP contribution is 2.29. The predicted molar refractivity (Wildman–Crippen MR) is 83.9 cm³/mol. The van der Waals surface area contributed by atoms with Crippen molar-refractivity contribution in [1.29, 1.82) is 0 Å². The molecule has 0 saturated heterocycles. The highest BCUT2D eigenvalue weighted by molar-refractivity contribution is 5.99. The van der Waals surface area contributed by atoms with Gasteiger partial charge in [0.2, 0.25) is 0 Å². The maximum absolute atomic E-state index is 13.2. The van der Waals surface area contributed by atoms with Crippen LogP contribution in [0, 0.1) is 5.82 Å². The van der Waals surface area contributed by atoms with Gasteiger partial charge in [-0.2, -0.15) is 0 Å². The number of aliphatic hydroxyl groups excluding tert-OH is 1. The summed E-state index contributed by atoms with van der Waals surface area (Å²) in [6, 6.07) is 13.7. The van der Waals surface area contributed by atoms with Crippen molar-refractivity contribution in [3.8, 4) is 5.75 Å². The van der Waals surface area contributed by atoms with Gasteiger partial charge in [-0.3, -0.25) is 4.79 Å². The molecule has 2 aromatic rings. The first-order valence-electron chi connectivity index (χ1n) is 7.55. The number of aliphatic hydroxyl groups is 1. The van der Waals surface area contributed by atoms with E-state index in [1.165, 1.54) is 18.2 Å². The second-order valence-electron chi connectivity index (χ2n) is 5.61. The Morgan fingerprint density at radius 3 is 2.83 bits per heavy atom. The molecule has 3 rings (SSSR count). The molecule has 1 aliphatic rings. The van der Waals surface area contributed by atoms with Crippen molar-refractivity contribution >= 4 is 5.78 Å². The summed E-state index contributed by atoms with van der Waals surface area (Å²) in [7, 11) is 0. The number of carbonyl (C=O) groups is 1.